The van der Waals surface area contributed by atoms with E-state index in [1.54, 1.807) is 0 Å². The first-order valence-electron chi connectivity index (χ1n) is 5.41. The zero-order valence-electron chi connectivity index (χ0n) is 8.55. The molecule has 0 aromatic heterocycles. The number of nitrogens with zero attached hydrogens (tertiary/aromatic N) is 1. The maximum atomic E-state index is 12.9. The van der Waals surface area contributed by atoms with Crippen molar-refractivity contribution in [3.8, 4) is 0 Å². The summed E-state index contributed by atoms with van der Waals surface area (Å²) in [5, 5.41) is 1.34. The fraction of sp³-hybridized carbons (Fsp3) is 0.900. The summed E-state index contributed by atoms with van der Waals surface area (Å²) in [6.07, 6.45) is 1.07. The van der Waals surface area contributed by atoms with Crippen molar-refractivity contribution in [1.29, 1.82) is 0 Å². The van der Waals surface area contributed by atoms with E-state index < -0.39 is 5.92 Å². The van der Waals surface area contributed by atoms with Gasteiger partial charge < -0.3 is 0 Å². The Morgan fingerprint density at radius 1 is 1.33 bits per heavy atom. The SMILES string of the molecule is O=C(C1CCC(F)(F)CC1)N1CCCO1. The monoisotopic (exact) mass is 219 g/mol. The maximum Gasteiger partial charge on any atom is 0.249 e. The van der Waals surface area contributed by atoms with Gasteiger partial charge in [-0.25, -0.2) is 13.8 Å². The van der Waals surface area contributed by atoms with E-state index in [1.807, 2.05) is 0 Å². The highest BCUT2D eigenvalue weighted by Gasteiger charge is 2.39. The Hall–Kier alpha value is -0.710. The third kappa shape index (κ3) is 2.45. The average Bonchev–Trinajstić information content (AvgIpc) is 2.69. The third-order valence-corrected chi connectivity index (χ3v) is 3.06. The molecule has 2 aliphatic rings. The van der Waals surface area contributed by atoms with Gasteiger partial charge >= 0.3 is 0 Å². The van der Waals surface area contributed by atoms with E-state index in [0.29, 0.717) is 13.2 Å². The van der Waals surface area contributed by atoms with Gasteiger partial charge in [-0.2, -0.15) is 0 Å². The van der Waals surface area contributed by atoms with Crippen molar-refractivity contribution < 1.29 is 18.4 Å². The summed E-state index contributed by atoms with van der Waals surface area (Å²) in [4.78, 5) is 16.9. The molecule has 1 saturated heterocycles. The summed E-state index contributed by atoms with van der Waals surface area (Å²) in [6.45, 7) is 1.17. The van der Waals surface area contributed by atoms with Gasteiger partial charge in [0.1, 0.15) is 0 Å². The van der Waals surface area contributed by atoms with Crippen LogP contribution in [0.15, 0.2) is 0 Å². The minimum absolute atomic E-state index is 0.108. The molecular weight excluding hydrogens is 204 g/mol. The molecule has 0 atom stereocenters. The van der Waals surface area contributed by atoms with Gasteiger partial charge in [-0.15, -0.1) is 0 Å². The van der Waals surface area contributed by atoms with E-state index in [0.717, 1.165) is 6.42 Å². The van der Waals surface area contributed by atoms with Crippen LogP contribution in [0.1, 0.15) is 32.1 Å². The third-order valence-electron chi connectivity index (χ3n) is 3.06. The van der Waals surface area contributed by atoms with Crippen molar-refractivity contribution in [2.75, 3.05) is 13.2 Å². The molecule has 0 aromatic rings. The van der Waals surface area contributed by atoms with Crippen molar-refractivity contribution in [3.05, 3.63) is 0 Å². The second-order valence-electron chi connectivity index (χ2n) is 4.26. The van der Waals surface area contributed by atoms with E-state index in [1.165, 1.54) is 5.06 Å². The van der Waals surface area contributed by atoms with Gasteiger partial charge in [0.2, 0.25) is 11.8 Å². The van der Waals surface area contributed by atoms with Gasteiger partial charge in [0.15, 0.2) is 0 Å². The first-order valence-corrected chi connectivity index (χ1v) is 5.41. The van der Waals surface area contributed by atoms with E-state index in [2.05, 4.69) is 0 Å². The molecule has 3 nitrogen and oxygen atoms in total. The quantitative estimate of drug-likeness (QED) is 0.674. The Morgan fingerprint density at radius 3 is 2.53 bits per heavy atom. The summed E-state index contributed by atoms with van der Waals surface area (Å²) >= 11 is 0. The smallest absolute Gasteiger partial charge is 0.249 e. The molecule has 0 unspecified atom stereocenters. The number of halogens is 2. The van der Waals surface area contributed by atoms with E-state index >= 15 is 0 Å². The van der Waals surface area contributed by atoms with Crippen LogP contribution in [0, 0.1) is 5.92 Å². The molecule has 0 spiro atoms. The highest BCUT2D eigenvalue weighted by molar-refractivity contribution is 5.78. The molecule has 5 heteroatoms. The van der Waals surface area contributed by atoms with Gasteiger partial charge in [0, 0.05) is 18.8 Å². The summed E-state index contributed by atoms with van der Waals surface area (Å²) in [7, 11) is 0. The fourth-order valence-corrected chi connectivity index (χ4v) is 2.11. The molecule has 1 amide bonds. The average molecular weight is 219 g/mol. The predicted molar refractivity (Wildman–Crippen MR) is 49.2 cm³/mol. The van der Waals surface area contributed by atoms with Crippen molar-refractivity contribution in [3.63, 3.8) is 0 Å². The number of hydroxylamine groups is 2. The standard InChI is InChI=1S/C10H15F2NO2/c11-10(12)4-2-8(3-5-10)9(14)13-6-1-7-15-13/h8H,1-7H2. The fourth-order valence-electron chi connectivity index (χ4n) is 2.11. The number of carbonyl (C=O) groups excluding carboxylic acids is 1. The molecule has 1 aliphatic carbocycles. The lowest BCUT2D eigenvalue weighted by Crippen LogP contribution is -2.37. The van der Waals surface area contributed by atoms with Gasteiger partial charge in [0.25, 0.3) is 0 Å². The summed E-state index contributed by atoms with van der Waals surface area (Å²) < 4.78 is 25.7. The number of hydrogen-bond acceptors (Lipinski definition) is 2. The highest BCUT2D eigenvalue weighted by Crippen LogP contribution is 2.37. The van der Waals surface area contributed by atoms with Crippen LogP contribution in [0.3, 0.4) is 0 Å². The van der Waals surface area contributed by atoms with Gasteiger partial charge in [-0.1, -0.05) is 0 Å². The maximum absolute atomic E-state index is 12.9. The van der Waals surface area contributed by atoms with Crippen molar-refractivity contribution >= 4 is 5.91 Å². The zero-order chi connectivity index (χ0) is 10.9. The number of amides is 1. The number of rotatable bonds is 1. The van der Waals surface area contributed by atoms with Crippen LogP contribution >= 0.6 is 0 Å². The van der Waals surface area contributed by atoms with Gasteiger partial charge in [0.05, 0.1) is 13.2 Å². The Bertz CT molecular complexity index is 242. The number of carbonyl (C=O) groups is 1. The van der Waals surface area contributed by atoms with Crippen molar-refractivity contribution in [2.45, 2.75) is 38.0 Å². The lowest BCUT2D eigenvalue weighted by atomic mass is 9.86. The molecule has 15 heavy (non-hydrogen) atoms. The molecule has 1 aliphatic heterocycles. The van der Waals surface area contributed by atoms with Crippen molar-refractivity contribution in [1.82, 2.24) is 5.06 Å². The summed E-state index contributed by atoms with van der Waals surface area (Å²) in [6, 6.07) is 0. The second kappa shape index (κ2) is 4.04. The van der Waals surface area contributed by atoms with Crippen LogP contribution in [0.2, 0.25) is 0 Å². The summed E-state index contributed by atoms with van der Waals surface area (Å²) in [5.74, 6) is -2.94. The van der Waals surface area contributed by atoms with Crippen molar-refractivity contribution in [2.24, 2.45) is 5.92 Å². The number of alkyl halides is 2. The van der Waals surface area contributed by atoms with Crippen LogP contribution in [-0.2, 0) is 9.63 Å². The van der Waals surface area contributed by atoms with Crippen LogP contribution in [0.25, 0.3) is 0 Å². The van der Waals surface area contributed by atoms with Gasteiger partial charge in [-0.3, -0.25) is 9.63 Å². The molecule has 2 fully saturated rings. The van der Waals surface area contributed by atoms with E-state index in [-0.39, 0.29) is 37.5 Å². The molecule has 0 bridgehead atoms. The molecule has 2 rings (SSSR count). The largest absolute Gasteiger partial charge is 0.272 e. The van der Waals surface area contributed by atoms with Crippen LogP contribution in [0.5, 0.6) is 0 Å². The van der Waals surface area contributed by atoms with E-state index in [9.17, 15) is 13.6 Å². The Balaban J connectivity index is 1.87. The summed E-state index contributed by atoms with van der Waals surface area (Å²) in [5.41, 5.74) is 0. The topological polar surface area (TPSA) is 29.5 Å². The lowest BCUT2D eigenvalue weighted by molar-refractivity contribution is -0.176. The van der Waals surface area contributed by atoms with Crippen LogP contribution < -0.4 is 0 Å². The zero-order valence-corrected chi connectivity index (χ0v) is 8.55. The Morgan fingerprint density at radius 2 is 2.00 bits per heavy atom. The van der Waals surface area contributed by atoms with Crippen LogP contribution in [0.4, 0.5) is 8.78 Å². The predicted octanol–water partition coefficient (Wildman–Crippen LogP) is 1.98. The molecule has 0 N–H and O–H groups in total. The number of hydrogen-bond donors (Lipinski definition) is 0. The normalized spacial score (nSPS) is 26.9. The molecule has 1 heterocycles. The molecule has 0 aromatic carbocycles. The first kappa shape index (κ1) is 10.8. The first-order chi connectivity index (χ1) is 7.08. The molecular formula is C10H15F2NO2. The Kier molecular flexibility index (Phi) is 2.91. The van der Waals surface area contributed by atoms with Gasteiger partial charge in [-0.05, 0) is 19.3 Å². The van der Waals surface area contributed by atoms with E-state index in [4.69, 9.17) is 4.84 Å². The molecule has 1 saturated carbocycles. The lowest BCUT2D eigenvalue weighted by Gasteiger charge is -2.29. The minimum atomic E-state index is -2.57. The highest BCUT2D eigenvalue weighted by atomic mass is 19.3. The van der Waals surface area contributed by atoms with Crippen LogP contribution in [-0.4, -0.2) is 30.0 Å². The molecule has 0 radical (unpaired) electrons. The Labute approximate surface area is 87.3 Å². The second-order valence-corrected chi connectivity index (χ2v) is 4.26. The molecule has 86 valence electrons. The minimum Gasteiger partial charge on any atom is -0.272 e.